The number of rotatable bonds is 4. The fraction of sp³-hybridized carbons (Fsp3) is 0.500. The van der Waals surface area contributed by atoms with Crippen molar-refractivity contribution in [1.29, 1.82) is 0 Å². The molecule has 0 bridgehead atoms. The molecule has 0 radical (unpaired) electrons. The number of aliphatic carboxylic acids is 1. The van der Waals surface area contributed by atoms with Gasteiger partial charge in [0.25, 0.3) is 0 Å². The molecule has 82 valence electrons. The zero-order valence-electron chi connectivity index (χ0n) is 9.02. The van der Waals surface area contributed by atoms with Gasteiger partial charge < -0.3 is 5.11 Å². The Bertz CT molecular complexity index is 366. The van der Waals surface area contributed by atoms with Gasteiger partial charge in [-0.05, 0) is 26.8 Å². The predicted octanol–water partition coefficient (Wildman–Crippen LogP) is 1.99. The second-order valence-corrected chi connectivity index (χ2v) is 4.90. The molecule has 0 unspecified atom stereocenters. The Balaban J connectivity index is 2.61. The Labute approximate surface area is 93.1 Å². The van der Waals surface area contributed by atoms with Crippen LogP contribution in [0.3, 0.4) is 0 Å². The molecule has 0 aromatic carbocycles. The first-order valence-electron chi connectivity index (χ1n) is 4.58. The van der Waals surface area contributed by atoms with Crippen LogP contribution < -0.4 is 0 Å². The molecule has 5 heteroatoms. The molecule has 0 aliphatic rings. The molecule has 0 fully saturated rings. The summed E-state index contributed by atoms with van der Waals surface area (Å²) in [4.78, 5) is 19.1. The lowest BCUT2D eigenvalue weighted by molar-refractivity contribution is -0.145. The Morgan fingerprint density at radius 3 is 2.80 bits per heavy atom. The standard InChI is InChI=1S/C10H14N2O2S/c1-7-4-5-11-9(12-7)15-6-10(2,3)8(13)14/h4-5H,6H2,1-3H3,(H,13,14). The van der Waals surface area contributed by atoms with Crippen molar-refractivity contribution >= 4 is 17.7 Å². The van der Waals surface area contributed by atoms with Gasteiger partial charge in [-0.1, -0.05) is 11.8 Å². The minimum atomic E-state index is -0.803. The Kier molecular flexibility index (Phi) is 3.68. The molecule has 1 heterocycles. The maximum atomic E-state index is 10.9. The molecule has 1 rings (SSSR count). The van der Waals surface area contributed by atoms with Crippen LogP contribution in [-0.2, 0) is 4.79 Å². The highest BCUT2D eigenvalue weighted by Gasteiger charge is 2.27. The van der Waals surface area contributed by atoms with E-state index in [0.29, 0.717) is 10.9 Å². The van der Waals surface area contributed by atoms with Crippen molar-refractivity contribution in [3.8, 4) is 0 Å². The van der Waals surface area contributed by atoms with Gasteiger partial charge in [-0.3, -0.25) is 4.79 Å². The molecule has 1 N–H and O–H groups in total. The van der Waals surface area contributed by atoms with Crippen LogP contribution in [0.25, 0.3) is 0 Å². The third kappa shape index (κ3) is 3.51. The van der Waals surface area contributed by atoms with Gasteiger partial charge in [0.1, 0.15) is 0 Å². The molecule has 1 aromatic rings. The molecule has 0 aliphatic carbocycles. The number of thioether (sulfide) groups is 1. The summed E-state index contributed by atoms with van der Waals surface area (Å²) in [6.45, 7) is 5.27. The Morgan fingerprint density at radius 2 is 2.27 bits per heavy atom. The largest absolute Gasteiger partial charge is 0.481 e. The summed E-state index contributed by atoms with van der Waals surface area (Å²) in [6, 6.07) is 1.81. The number of carbonyl (C=O) groups is 1. The minimum absolute atomic E-state index is 0.464. The van der Waals surface area contributed by atoms with Gasteiger partial charge in [0, 0.05) is 17.6 Å². The van der Waals surface area contributed by atoms with E-state index in [9.17, 15) is 4.79 Å². The molecule has 0 amide bonds. The van der Waals surface area contributed by atoms with E-state index in [2.05, 4.69) is 9.97 Å². The predicted molar refractivity (Wildman–Crippen MR) is 58.9 cm³/mol. The number of hydrogen-bond donors (Lipinski definition) is 1. The molecular weight excluding hydrogens is 212 g/mol. The molecular formula is C10H14N2O2S. The lowest BCUT2D eigenvalue weighted by Gasteiger charge is -2.17. The van der Waals surface area contributed by atoms with Crippen LogP contribution >= 0.6 is 11.8 Å². The molecule has 0 aliphatic heterocycles. The van der Waals surface area contributed by atoms with E-state index < -0.39 is 11.4 Å². The van der Waals surface area contributed by atoms with E-state index in [1.807, 2.05) is 13.0 Å². The van der Waals surface area contributed by atoms with Gasteiger partial charge in [-0.25, -0.2) is 9.97 Å². The molecule has 15 heavy (non-hydrogen) atoms. The number of carboxylic acid groups (broad SMARTS) is 1. The Hall–Kier alpha value is -1.10. The number of nitrogens with zero attached hydrogens (tertiary/aromatic N) is 2. The fourth-order valence-electron chi connectivity index (χ4n) is 0.802. The summed E-state index contributed by atoms with van der Waals surface area (Å²) >= 11 is 1.37. The number of hydrogen-bond acceptors (Lipinski definition) is 4. The maximum Gasteiger partial charge on any atom is 0.309 e. The molecule has 0 spiro atoms. The molecule has 0 saturated heterocycles. The second-order valence-electron chi connectivity index (χ2n) is 3.96. The van der Waals surface area contributed by atoms with Crippen LogP contribution in [0.15, 0.2) is 17.4 Å². The van der Waals surface area contributed by atoms with Crippen molar-refractivity contribution in [2.75, 3.05) is 5.75 Å². The zero-order chi connectivity index (χ0) is 11.5. The quantitative estimate of drug-likeness (QED) is 0.628. The van der Waals surface area contributed by atoms with E-state index in [1.54, 1.807) is 20.0 Å². The van der Waals surface area contributed by atoms with Crippen LogP contribution in [0.5, 0.6) is 0 Å². The normalized spacial score (nSPS) is 11.4. The van der Waals surface area contributed by atoms with Crippen LogP contribution in [0.1, 0.15) is 19.5 Å². The molecule has 0 saturated carbocycles. The molecule has 0 atom stereocenters. The highest BCUT2D eigenvalue weighted by molar-refractivity contribution is 7.99. The van der Waals surface area contributed by atoms with Crippen molar-refractivity contribution in [2.24, 2.45) is 5.41 Å². The number of aromatic nitrogens is 2. The first-order chi connectivity index (χ1) is 6.92. The monoisotopic (exact) mass is 226 g/mol. The summed E-state index contributed by atoms with van der Waals surface area (Å²) < 4.78 is 0. The summed E-state index contributed by atoms with van der Waals surface area (Å²) in [5.41, 5.74) is 0.137. The summed E-state index contributed by atoms with van der Waals surface area (Å²) in [5, 5.41) is 9.55. The summed E-state index contributed by atoms with van der Waals surface area (Å²) in [7, 11) is 0. The highest BCUT2D eigenvalue weighted by Crippen LogP contribution is 2.25. The zero-order valence-corrected chi connectivity index (χ0v) is 9.84. The molecule has 4 nitrogen and oxygen atoms in total. The average Bonchev–Trinajstić information content (AvgIpc) is 2.15. The van der Waals surface area contributed by atoms with Gasteiger partial charge in [0.05, 0.1) is 5.41 Å². The number of aryl methyl sites for hydroxylation is 1. The lowest BCUT2D eigenvalue weighted by Crippen LogP contribution is -2.26. The lowest BCUT2D eigenvalue weighted by atomic mass is 9.97. The first-order valence-corrected chi connectivity index (χ1v) is 5.56. The summed E-state index contributed by atoms with van der Waals surface area (Å²) in [6.07, 6.45) is 1.68. The van der Waals surface area contributed by atoms with E-state index in [0.717, 1.165) is 5.69 Å². The SMILES string of the molecule is Cc1ccnc(SCC(C)(C)C(=O)O)n1. The van der Waals surface area contributed by atoms with E-state index in [4.69, 9.17) is 5.11 Å². The third-order valence-electron chi connectivity index (χ3n) is 1.91. The van der Waals surface area contributed by atoms with Crippen LogP contribution in [-0.4, -0.2) is 26.8 Å². The van der Waals surface area contributed by atoms with Gasteiger partial charge in [0.2, 0.25) is 0 Å². The van der Waals surface area contributed by atoms with Crippen molar-refractivity contribution in [3.63, 3.8) is 0 Å². The van der Waals surface area contributed by atoms with Crippen LogP contribution in [0, 0.1) is 12.3 Å². The van der Waals surface area contributed by atoms with Crippen molar-refractivity contribution < 1.29 is 9.90 Å². The third-order valence-corrected chi connectivity index (χ3v) is 3.23. The average molecular weight is 226 g/mol. The van der Waals surface area contributed by atoms with Crippen LogP contribution in [0.4, 0.5) is 0 Å². The number of carboxylic acids is 1. The van der Waals surface area contributed by atoms with Gasteiger partial charge in [-0.2, -0.15) is 0 Å². The van der Waals surface area contributed by atoms with E-state index >= 15 is 0 Å². The molecule has 1 aromatic heterocycles. The minimum Gasteiger partial charge on any atom is -0.481 e. The van der Waals surface area contributed by atoms with E-state index in [-0.39, 0.29) is 0 Å². The second kappa shape index (κ2) is 4.61. The van der Waals surface area contributed by atoms with Gasteiger partial charge in [0.15, 0.2) is 5.16 Å². The van der Waals surface area contributed by atoms with Crippen molar-refractivity contribution in [2.45, 2.75) is 25.9 Å². The van der Waals surface area contributed by atoms with Crippen LogP contribution in [0.2, 0.25) is 0 Å². The van der Waals surface area contributed by atoms with Crippen molar-refractivity contribution in [3.05, 3.63) is 18.0 Å². The smallest absolute Gasteiger partial charge is 0.309 e. The summed E-state index contributed by atoms with van der Waals surface area (Å²) in [5.74, 6) is -0.339. The van der Waals surface area contributed by atoms with E-state index in [1.165, 1.54) is 11.8 Å². The fourth-order valence-corrected chi connectivity index (χ4v) is 1.76. The maximum absolute atomic E-state index is 10.9. The Morgan fingerprint density at radius 1 is 1.60 bits per heavy atom. The van der Waals surface area contributed by atoms with Gasteiger partial charge >= 0.3 is 5.97 Å². The van der Waals surface area contributed by atoms with Crippen molar-refractivity contribution in [1.82, 2.24) is 9.97 Å². The highest BCUT2D eigenvalue weighted by atomic mass is 32.2. The van der Waals surface area contributed by atoms with Gasteiger partial charge in [-0.15, -0.1) is 0 Å². The topological polar surface area (TPSA) is 63.1 Å². The first kappa shape index (κ1) is 12.0.